The SMILES string of the molecule is N#Cc1ccc(CN2CCCN(C(=O)CN3C(=O)N[C@@]4(CCCc5ccccc54)C3=O)CC2)cc1. The molecule has 180 valence electrons. The first-order valence-corrected chi connectivity index (χ1v) is 12.2. The number of amides is 4. The second-order valence-corrected chi connectivity index (χ2v) is 9.56. The molecule has 0 aromatic heterocycles. The van der Waals surface area contributed by atoms with Crippen LogP contribution in [0, 0.1) is 11.3 Å². The average Bonchev–Trinajstić information content (AvgIpc) is 3.02. The zero-order chi connectivity index (χ0) is 24.4. The lowest BCUT2D eigenvalue weighted by atomic mass is 9.76. The van der Waals surface area contributed by atoms with Crippen LogP contribution in [0.15, 0.2) is 48.5 Å². The van der Waals surface area contributed by atoms with Gasteiger partial charge in [0.05, 0.1) is 11.6 Å². The smallest absolute Gasteiger partial charge is 0.325 e. The minimum Gasteiger partial charge on any atom is -0.340 e. The predicted molar refractivity (Wildman–Crippen MR) is 129 cm³/mol. The number of hydrogen-bond acceptors (Lipinski definition) is 5. The first kappa shape index (κ1) is 23.1. The number of nitriles is 1. The van der Waals surface area contributed by atoms with Gasteiger partial charge < -0.3 is 10.2 Å². The van der Waals surface area contributed by atoms with Gasteiger partial charge in [0.2, 0.25) is 5.91 Å². The first-order chi connectivity index (χ1) is 17.0. The number of rotatable bonds is 4. The number of carbonyl (C=O) groups is 3. The van der Waals surface area contributed by atoms with Gasteiger partial charge in [0.25, 0.3) is 5.91 Å². The van der Waals surface area contributed by atoms with E-state index in [-0.39, 0.29) is 18.4 Å². The van der Waals surface area contributed by atoms with E-state index in [1.807, 2.05) is 48.5 Å². The Bertz CT molecular complexity index is 1190. The van der Waals surface area contributed by atoms with Crippen LogP contribution in [0.2, 0.25) is 0 Å². The minimum absolute atomic E-state index is 0.199. The Kier molecular flexibility index (Phi) is 6.27. The van der Waals surface area contributed by atoms with Crippen LogP contribution in [-0.2, 0) is 28.1 Å². The van der Waals surface area contributed by atoms with E-state index in [1.165, 1.54) is 0 Å². The highest BCUT2D eigenvalue weighted by molar-refractivity contribution is 6.09. The molecule has 0 saturated carbocycles. The van der Waals surface area contributed by atoms with Gasteiger partial charge in [-0.25, -0.2) is 4.79 Å². The summed E-state index contributed by atoms with van der Waals surface area (Å²) < 4.78 is 0. The van der Waals surface area contributed by atoms with Crippen molar-refractivity contribution in [3.8, 4) is 6.07 Å². The van der Waals surface area contributed by atoms with Crippen LogP contribution in [0.5, 0.6) is 0 Å². The van der Waals surface area contributed by atoms with Crippen LogP contribution >= 0.6 is 0 Å². The second-order valence-electron chi connectivity index (χ2n) is 9.56. The monoisotopic (exact) mass is 471 g/mol. The lowest BCUT2D eigenvalue weighted by Crippen LogP contribution is -2.47. The molecule has 1 N–H and O–H groups in total. The zero-order valence-electron chi connectivity index (χ0n) is 19.7. The standard InChI is InChI=1S/C27H29N5O3/c28-17-20-8-10-21(11-9-20)18-30-13-4-14-31(16-15-30)24(33)19-32-25(34)27(29-26(32)35)12-3-6-22-5-1-2-7-23(22)27/h1-2,5,7-11H,3-4,6,12-16,18-19H2,(H,29,35)/t27-/m1/s1. The molecule has 0 unspecified atom stereocenters. The molecule has 1 spiro atoms. The Balaban J connectivity index is 1.22. The molecule has 8 heteroatoms. The number of benzene rings is 2. The first-order valence-electron chi connectivity index (χ1n) is 12.2. The highest BCUT2D eigenvalue weighted by atomic mass is 16.2. The minimum atomic E-state index is -1.05. The molecule has 5 rings (SSSR count). The van der Waals surface area contributed by atoms with Gasteiger partial charge in [-0.05, 0) is 54.5 Å². The summed E-state index contributed by atoms with van der Waals surface area (Å²) in [5.74, 6) is -0.518. The van der Waals surface area contributed by atoms with E-state index in [0.29, 0.717) is 31.6 Å². The Labute approximate surface area is 205 Å². The molecule has 3 aliphatic rings. The summed E-state index contributed by atoms with van der Waals surface area (Å²) in [5, 5.41) is 11.9. The van der Waals surface area contributed by atoms with Crippen molar-refractivity contribution in [1.82, 2.24) is 20.0 Å². The van der Waals surface area contributed by atoms with Crippen molar-refractivity contribution < 1.29 is 14.4 Å². The van der Waals surface area contributed by atoms with E-state index in [0.717, 1.165) is 53.9 Å². The van der Waals surface area contributed by atoms with Gasteiger partial charge in [-0.1, -0.05) is 36.4 Å². The molecule has 2 fully saturated rings. The third kappa shape index (κ3) is 4.40. The van der Waals surface area contributed by atoms with Gasteiger partial charge in [-0.3, -0.25) is 19.4 Å². The van der Waals surface area contributed by atoms with Crippen LogP contribution in [0.3, 0.4) is 0 Å². The maximum Gasteiger partial charge on any atom is 0.325 e. The van der Waals surface area contributed by atoms with E-state index in [2.05, 4.69) is 16.3 Å². The quantitative estimate of drug-likeness (QED) is 0.691. The molecule has 0 radical (unpaired) electrons. The summed E-state index contributed by atoms with van der Waals surface area (Å²) in [5.41, 5.74) is 2.65. The van der Waals surface area contributed by atoms with Gasteiger partial charge in [-0.2, -0.15) is 5.26 Å². The topological polar surface area (TPSA) is 96.8 Å². The van der Waals surface area contributed by atoms with Crippen molar-refractivity contribution in [2.75, 3.05) is 32.7 Å². The van der Waals surface area contributed by atoms with Gasteiger partial charge in [0, 0.05) is 32.7 Å². The Morgan fingerprint density at radius 2 is 1.80 bits per heavy atom. The molecule has 2 heterocycles. The molecule has 8 nitrogen and oxygen atoms in total. The summed E-state index contributed by atoms with van der Waals surface area (Å²) >= 11 is 0. The molecular formula is C27H29N5O3. The summed E-state index contributed by atoms with van der Waals surface area (Å²) in [4.78, 5) is 44.6. The molecule has 2 saturated heterocycles. The number of nitrogens with zero attached hydrogens (tertiary/aromatic N) is 4. The van der Waals surface area contributed by atoms with E-state index in [1.54, 1.807) is 4.90 Å². The van der Waals surface area contributed by atoms with Gasteiger partial charge >= 0.3 is 6.03 Å². The van der Waals surface area contributed by atoms with Crippen molar-refractivity contribution >= 4 is 17.8 Å². The lowest BCUT2D eigenvalue weighted by Gasteiger charge is -2.33. The molecule has 2 aromatic rings. The average molecular weight is 472 g/mol. The predicted octanol–water partition coefficient (Wildman–Crippen LogP) is 2.38. The Morgan fingerprint density at radius 3 is 2.60 bits per heavy atom. The van der Waals surface area contributed by atoms with E-state index >= 15 is 0 Å². The molecule has 0 bridgehead atoms. The van der Waals surface area contributed by atoms with Crippen LogP contribution < -0.4 is 5.32 Å². The van der Waals surface area contributed by atoms with Crippen molar-refractivity contribution in [2.45, 2.75) is 37.8 Å². The molecule has 1 aliphatic carbocycles. The number of imide groups is 1. The van der Waals surface area contributed by atoms with Crippen molar-refractivity contribution in [3.05, 3.63) is 70.8 Å². The van der Waals surface area contributed by atoms with Gasteiger partial charge in [0.15, 0.2) is 0 Å². The highest BCUT2D eigenvalue weighted by Gasteiger charge is 2.54. The molecule has 4 amide bonds. The molecule has 1 atom stereocenters. The maximum atomic E-state index is 13.5. The fraction of sp³-hybridized carbons (Fsp3) is 0.407. The molecule has 35 heavy (non-hydrogen) atoms. The van der Waals surface area contributed by atoms with Crippen LogP contribution in [0.25, 0.3) is 0 Å². The Hall–Kier alpha value is -3.70. The Morgan fingerprint density at radius 1 is 1.00 bits per heavy atom. The second kappa shape index (κ2) is 9.51. The summed E-state index contributed by atoms with van der Waals surface area (Å²) in [6.07, 6.45) is 3.06. The molecular weight excluding hydrogens is 442 g/mol. The van der Waals surface area contributed by atoms with Crippen LogP contribution in [0.1, 0.15) is 41.5 Å². The fourth-order valence-corrected chi connectivity index (χ4v) is 5.51. The van der Waals surface area contributed by atoms with Crippen molar-refractivity contribution in [3.63, 3.8) is 0 Å². The maximum absolute atomic E-state index is 13.5. The molecule has 2 aromatic carbocycles. The van der Waals surface area contributed by atoms with Crippen LogP contribution in [-0.4, -0.2) is 65.3 Å². The zero-order valence-corrected chi connectivity index (χ0v) is 19.7. The fourth-order valence-electron chi connectivity index (χ4n) is 5.51. The summed E-state index contributed by atoms with van der Waals surface area (Å²) in [7, 11) is 0. The normalized spacial score (nSPS) is 22.5. The van der Waals surface area contributed by atoms with E-state index < -0.39 is 11.6 Å². The van der Waals surface area contributed by atoms with Crippen LogP contribution in [0.4, 0.5) is 4.79 Å². The molecule has 2 aliphatic heterocycles. The summed E-state index contributed by atoms with van der Waals surface area (Å²) in [6, 6.07) is 17.0. The number of hydrogen-bond donors (Lipinski definition) is 1. The lowest BCUT2D eigenvalue weighted by molar-refractivity contribution is -0.139. The third-order valence-corrected chi connectivity index (χ3v) is 7.37. The highest BCUT2D eigenvalue weighted by Crippen LogP contribution is 2.39. The number of aryl methyl sites for hydroxylation is 1. The number of carbonyl (C=O) groups excluding carboxylic acids is 3. The largest absolute Gasteiger partial charge is 0.340 e. The summed E-state index contributed by atoms with van der Waals surface area (Å²) in [6.45, 7) is 3.23. The van der Waals surface area contributed by atoms with Crippen molar-refractivity contribution in [1.29, 1.82) is 5.26 Å². The van der Waals surface area contributed by atoms with Gasteiger partial charge in [0.1, 0.15) is 12.1 Å². The van der Waals surface area contributed by atoms with E-state index in [9.17, 15) is 14.4 Å². The number of nitrogens with one attached hydrogen (secondary N) is 1. The number of fused-ring (bicyclic) bond motifs is 2. The van der Waals surface area contributed by atoms with E-state index in [4.69, 9.17) is 5.26 Å². The number of urea groups is 1. The van der Waals surface area contributed by atoms with Crippen molar-refractivity contribution in [2.24, 2.45) is 0 Å². The third-order valence-electron chi connectivity index (χ3n) is 7.37. The van der Waals surface area contributed by atoms with Gasteiger partial charge in [-0.15, -0.1) is 0 Å².